The van der Waals surface area contributed by atoms with Crippen molar-refractivity contribution in [3.8, 4) is 0 Å². The maximum Gasteiger partial charge on any atom is 0.0254 e. The average Bonchev–Trinajstić information content (AvgIpc) is 2.90. The second kappa shape index (κ2) is 5.71. The van der Waals surface area contributed by atoms with Crippen molar-refractivity contribution in [3.63, 3.8) is 0 Å². The van der Waals surface area contributed by atoms with Crippen LogP contribution >= 0.6 is 0 Å². The second-order valence-electron chi connectivity index (χ2n) is 7.53. The fraction of sp³-hybridized carbons (Fsp3) is 1.00. The van der Waals surface area contributed by atoms with Gasteiger partial charge in [-0.3, -0.25) is 0 Å². The first-order chi connectivity index (χ1) is 9.11. The normalized spacial score (nSPS) is 43.3. The molecule has 4 unspecified atom stereocenters. The molecule has 0 aromatic carbocycles. The van der Waals surface area contributed by atoms with Gasteiger partial charge >= 0.3 is 0 Å². The highest BCUT2D eigenvalue weighted by atomic mass is 15.2. The number of hydrogen-bond donors (Lipinski definition) is 1. The third-order valence-electron chi connectivity index (χ3n) is 5.74. The molecule has 3 saturated heterocycles. The summed E-state index contributed by atoms with van der Waals surface area (Å²) in [6, 6.07) is 2.48. The Labute approximate surface area is 118 Å². The number of piperidine rings is 1. The van der Waals surface area contributed by atoms with Gasteiger partial charge in [-0.2, -0.15) is 0 Å². The van der Waals surface area contributed by atoms with Gasteiger partial charge in [-0.1, -0.05) is 6.92 Å². The molecule has 0 radical (unpaired) electrons. The molecule has 19 heavy (non-hydrogen) atoms. The van der Waals surface area contributed by atoms with E-state index in [9.17, 15) is 0 Å². The van der Waals surface area contributed by atoms with E-state index >= 15 is 0 Å². The van der Waals surface area contributed by atoms with E-state index in [0.717, 1.165) is 30.0 Å². The molecule has 3 heteroatoms. The van der Waals surface area contributed by atoms with E-state index in [2.05, 4.69) is 36.1 Å². The van der Waals surface area contributed by atoms with Gasteiger partial charge in [0.2, 0.25) is 0 Å². The van der Waals surface area contributed by atoms with E-state index in [4.69, 9.17) is 0 Å². The lowest BCUT2D eigenvalue weighted by Gasteiger charge is -2.30. The molecule has 0 spiro atoms. The number of hydrogen-bond acceptors (Lipinski definition) is 3. The molecular formula is C16H31N3. The van der Waals surface area contributed by atoms with Crippen molar-refractivity contribution in [2.24, 2.45) is 11.8 Å². The third kappa shape index (κ3) is 3.14. The summed E-state index contributed by atoms with van der Waals surface area (Å²) in [7, 11) is 4.46. The molecular weight excluding hydrogens is 234 g/mol. The number of likely N-dealkylation sites (tertiary alicyclic amines) is 1. The Morgan fingerprint density at radius 1 is 1.11 bits per heavy atom. The maximum absolute atomic E-state index is 3.76. The molecule has 0 saturated carbocycles. The van der Waals surface area contributed by atoms with Gasteiger partial charge in [0.05, 0.1) is 0 Å². The summed E-state index contributed by atoms with van der Waals surface area (Å²) in [6.45, 7) is 6.33. The Hall–Kier alpha value is -0.120. The molecule has 3 fully saturated rings. The van der Waals surface area contributed by atoms with Crippen LogP contribution in [0.1, 0.15) is 39.0 Å². The number of nitrogens with one attached hydrogen (secondary N) is 1. The number of rotatable bonds is 4. The van der Waals surface area contributed by atoms with Crippen molar-refractivity contribution in [2.75, 3.05) is 33.7 Å². The van der Waals surface area contributed by atoms with Crippen LogP contribution in [0.5, 0.6) is 0 Å². The molecule has 3 heterocycles. The summed E-state index contributed by atoms with van der Waals surface area (Å²) >= 11 is 0. The molecule has 3 nitrogen and oxygen atoms in total. The topological polar surface area (TPSA) is 18.5 Å². The summed E-state index contributed by atoms with van der Waals surface area (Å²) in [5.74, 6) is 1.83. The third-order valence-corrected chi connectivity index (χ3v) is 5.74. The molecule has 2 bridgehead atoms. The van der Waals surface area contributed by atoms with E-state index in [-0.39, 0.29) is 0 Å². The molecule has 3 rings (SSSR count). The number of nitrogens with zero attached hydrogens (tertiary/aromatic N) is 2. The standard InChI is InChI=1S/C16H31N3/c1-12-10-19(11-16(12)18(2)3)7-6-13-8-14-4-5-15(9-13)17-14/h12-17H,4-11H2,1-3H3. The summed E-state index contributed by atoms with van der Waals surface area (Å²) in [5.41, 5.74) is 0. The van der Waals surface area contributed by atoms with Gasteiger partial charge in [0.25, 0.3) is 0 Å². The zero-order valence-electron chi connectivity index (χ0n) is 12.9. The monoisotopic (exact) mass is 265 g/mol. The van der Waals surface area contributed by atoms with Crippen LogP contribution in [0.2, 0.25) is 0 Å². The van der Waals surface area contributed by atoms with Crippen molar-refractivity contribution in [1.82, 2.24) is 15.1 Å². The van der Waals surface area contributed by atoms with Gasteiger partial charge in [-0.15, -0.1) is 0 Å². The van der Waals surface area contributed by atoms with Gasteiger partial charge in [-0.05, 0) is 64.6 Å². The van der Waals surface area contributed by atoms with Crippen molar-refractivity contribution in [3.05, 3.63) is 0 Å². The highest BCUT2D eigenvalue weighted by molar-refractivity contribution is 4.93. The highest BCUT2D eigenvalue weighted by Crippen LogP contribution is 2.33. The van der Waals surface area contributed by atoms with E-state index in [1.807, 2.05) is 0 Å². The SMILES string of the molecule is CC1CN(CCC2CC3CCC(C2)N3)CC1N(C)C. The van der Waals surface area contributed by atoms with Crippen molar-refractivity contribution < 1.29 is 0 Å². The van der Waals surface area contributed by atoms with Crippen molar-refractivity contribution in [2.45, 2.75) is 57.2 Å². The minimum Gasteiger partial charge on any atom is -0.311 e. The van der Waals surface area contributed by atoms with Crippen LogP contribution < -0.4 is 5.32 Å². The summed E-state index contributed by atoms with van der Waals surface area (Å²) in [5, 5.41) is 3.76. The first kappa shape index (κ1) is 13.8. The van der Waals surface area contributed by atoms with Crippen LogP contribution in [0.4, 0.5) is 0 Å². The van der Waals surface area contributed by atoms with Crippen LogP contribution in [-0.2, 0) is 0 Å². The van der Waals surface area contributed by atoms with Crippen molar-refractivity contribution >= 4 is 0 Å². The fourth-order valence-corrected chi connectivity index (χ4v) is 4.68. The van der Waals surface area contributed by atoms with E-state index in [1.54, 1.807) is 0 Å². The minimum atomic E-state index is 0.768. The van der Waals surface area contributed by atoms with Gasteiger partial charge < -0.3 is 15.1 Å². The summed E-state index contributed by atoms with van der Waals surface area (Å²) in [6.07, 6.45) is 7.19. The lowest BCUT2D eigenvalue weighted by atomic mass is 9.89. The summed E-state index contributed by atoms with van der Waals surface area (Å²) < 4.78 is 0. The summed E-state index contributed by atoms with van der Waals surface area (Å²) in [4.78, 5) is 5.12. The Bertz CT molecular complexity index is 292. The van der Waals surface area contributed by atoms with Crippen LogP contribution in [0.15, 0.2) is 0 Å². The van der Waals surface area contributed by atoms with E-state index in [0.29, 0.717) is 0 Å². The first-order valence-corrected chi connectivity index (χ1v) is 8.26. The van der Waals surface area contributed by atoms with Crippen molar-refractivity contribution in [1.29, 1.82) is 0 Å². The molecule has 110 valence electrons. The smallest absolute Gasteiger partial charge is 0.0254 e. The van der Waals surface area contributed by atoms with Crippen LogP contribution in [0, 0.1) is 11.8 Å². The Balaban J connectivity index is 1.43. The molecule has 0 aromatic rings. The van der Waals surface area contributed by atoms with Gasteiger partial charge in [-0.25, -0.2) is 0 Å². The Kier molecular flexibility index (Phi) is 4.16. The van der Waals surface area contributed by atoms with E-state index < -0.39 is 0 Å². The largest absolute Gasteiger partial charge is 0.311 e. The molecule has 4 atom stereocenters. The zero-order valence-corrected chi connectivity index (χ0v) is 12.9. The Morgan fingerprint density at radius 3 is 2.37 bits per heavy atom. The zero-order chi connectivity index (χ0) is 13.4. The lowest BCUT2D eigenvalue weighted by molar-refractivity contribution is 0.226. The molecule has 3 aliphatic heterocycles. The van der Waals surface area contributed by atoms with Crippen LogP contribution in [0.25, 0.3) is 0 Å². The van der Waals surface area contributed by atoms with E-state index in [1.165, 1.54) is 51.7 Å². The predicted molar refractivity (Wildman–Crippen MR) is 80.4 cm³/mol. The molecule has 1 N–H and O–H groups in total. The Morgan fingerprint density at radius 2 is 1.79 bits per heavy atom. The first-order valence-electron chi connectivity index (χ1n) is 8.26. The maximum atomic E-state index is 3.76. The van der Waals surface area contributed by atoms with Crippen LogP contribution in [-0.4, -0.2) is 61.7 Å². The quantitative estimate of drug-likeness (QED) is 0.836. The minimum absolute atomic E-state index is 0.768. The van der Waals surface area contributed by atoms with Gasteiger partial charge in [0, 0.05) is 31.2 Å². The number of likely N-dealkylation sites (N-methyl/N-ethyl adjacent to an activating group) is 1. The predicted octanol–water partition coefficient (Wildman–Crippen LogP) is 1.79. The fourth-order valence-electron chi connectivity index (χ4n) is 4.68. The number of fused-ring (bicyclic) bond motifs is 2. The van der Waals surface area contributed by atoms with Gasteiger partial charge in [0.1, 0.15) is 0 Å². The molecule has 0 aliphatic carbocycles. The van der Waals surface area contributed by atoms with Gasteiger partial charge in [0.15, 0.2) is 0 Å². The van der Waals surface area contributed by atoms with Crippen LogP contribution in [0.3, 0.4) is 0 Å². The highest BCUT2D eigenvalue weighted by Gasteiger charge is 2.35. The molecule has 0 aromatic heterocycles. The molecule has 0 amide bonds. The lowest BCUT2D eigenvalue weighted by Crippen LogP contribution is -2.39. The molecule has 3 aliphatic rings. The second-order valence-corrected chi connectivity index (χ2v) is 7.53. The average molecular weight is 265 g/mol.